The summed E-state index contributed by atoms with van der Waals surface area (Å²) in [5.74, 6) is -0.265. The van der Waals surface area contributed by atoms with Gasteiger partial charge in [0.1, 0.15) is 5.70 Å². The molecule has 2 rings (SSSR count). The Bertz CT molecular complexity index is 495. The lowest BCUT2D eigenvalue weighted by molar-refractivity contribution is -0.429. The molecule has 0 atom stereocenters. The summed E-state index contributed by atoms with van der Waals surface area (Å²) < 4.78 is 0. The van der Waals surface area contributed by atoms with Gasteiger partial charge in [0.15, 0.2) is 0 Å². The van der Waals surface area contributed by atoms with Gasteiger partial charge < -0.3 is 19.9 Å². The number of piperazine rings is 1. The van der Waals surface area contributed by atoms with Gasteiger partial charge in [0.05, 0.1) is 0 Å². The van der Waals surface area contributed by atoms with Gasteiger partial charge in [-0.2, -0.15) is 0 Å². The summed E-state index contributed by atoms with van der Waals surface area (Å²) in [6.07, 6.45) is 3.83. The molecule has 108 valence electrons. The summed E-state index contributed by atoms with van der Waals surface area (Å²) >= 11 is 0. The second kappa shape index (κ2) is 6.33. The zero-order valence-corrected chi connectivity index (χ0v) is 11.5. The molecular weight excluding hydrogens is 258 g/mol. The molecule has 7 nitrogen and oxygen atoms in total. The number of nitro groups is 1. The number of hydrogen-bond donors (Lipinski definition) is 1. The van der Waals surface area contributed by atoms with Crippen LogP contribution in [0.1, 0.15) is 5.56 Å². The van der Waals surface area contributed by atoms with Crippen molar-refractivity contribution in [2.24, 2.45) is 5.73 Å². The zero-order chi connectivity index (χ0) is 14.5. The molecule has 1 aromatic rings. The maximum Gasteiger partial charge on any atom is 0.333 e. The van der Waals surface area contributed by atoms with Crippen LogP contribution in [-0.2, 0) is 6.42 Å². The number of aromatic nitrogens is 1. The topological polar surface area (TPSA) is 88.5 Å². The Kier molecular flexibility index (Phi) is 4.52. The Hall–Kier alpha value is -2.15. The van der Waals surface area contributed by atoms with E-state index in [4.69, 9.17) is 5.73 Å². The van der Waals surface area contributed by atoms with Crippen molar-refractivity contribution in [3.63, 3.8) is 0 Å². The molecule has 20 heavy (non-hydrogen) atoms. The second-order valence-electron chi connectivity index (χ2n) is 4.92. The highest BCUT2D eigenvalue weighted by molar-refractivity contribution is 5.19. The van der Waals surface area contributed by atoms with Gasteiger partial charge in [0, 0.05) is 45.0 Å². The fourth-order valence-corrected chi connectivity index (χ4v) is 2.24. The van der Waals surface area contributed by atoms with Gasteiger partial charge in [-0.3, -0.25) is 10.7 Å². The van der Waals surface area contributed by atoms with Crippen molar-refractivity contribution in [3.05, 3.63) is 51.7 Å². The molecule has 0 amide bonds. The first kappa shape index (κ1) is 14.3. The molecule has 0 aliphatic carbocycles. The quantitative estimate of drug-likeness (QED) is 0.628. The molecule has 0 unspecified atom stereocenters. The van der Waals surface area contributed by atoms with Gasteiger partial charge in [0.25, 0.3) is 0 Å². The lowest BCUT2D eigenvalue weighted by Crippen LogP contribution is -2.45. The normalized spacial score (nSPS) is 17.8. The van der Waals surface area contributed by atoms with Crippen molar-refractivity contribution in [3.8, 4) is 0 Å². The van der Waals surface area contributed by atoms with Gasteiger partial charge in [-0.25, -0.2) is 0 Å². The van der Waals surface area contributed by atoms with Gasteiger partial charge >= 0.3 is 5.82 Å². The molecule has 0 saturated carbocycles. The van der Waals surface area contributed by atoms with Crippen LogP contribution < -0.4 is 5.73 Å². The molecule has 0 radical (unpaired) electrons. The van der Waals surface area contributed by atoms with E-state index in [1.807, 2.05) is 24.1 Å². The monoisotopic (exact) mass is 277 g/mol. The molecular formula is C13H19N5O2. The van der Waals surface area contributed by atoms with E-state index in [0.717, 1.165) is 31.7 Å². The van der Waals surface area contributed by atoms with Crippen LogP contribution in [0.3, 0.4) is 0 Å². The third-order valence-corrected chi connectivity index (χ3v) is 3.47. The maximum atomic E-state index is 11.0. The number of hydrogen-bond acceptors (Lipinski definition) is 6. The Balaban J connectivity index is 2.22. The summed E-state index contributed by atoms with van der Waals surface area (Å²) in [5, 5.41) is 11.0. The van der Waals surface area contributed by atoms with Crippen molar-refractivity contribution in [2.75, 3.05) is 33.2 Å². The van der Waals surface area contributed by atoms with E-state index in [2.05, 4.69) is 9.88 Å². The molecule has 2 N–H and O–H groups in total. The standard InChI is InChI=1S/C13H19N5O2/c1-16-5-7-17(8-6-16)12(13(14)18(19)20)9-11-3-2-4-15-10-11/h2-4,10H,5-9,14H2,1H3. The van der Waals surface area contributed by atoms with Crippen molar-refractivity contribution in [2.45, 2.75) is 6.42 Å². The summed E-state index contributed by atoms with van der Waals surface area (Å²) in [5.41, 5.74) is 7.18. The lowest BCUT2D eigenvalue weighted by atomic mass is 10.1. The van der Waals surface area contributed by atoms with Gasteiger partial charge in [-0.05, 0) is 23.6 Å². The fourth-order valence-electron chi connectivity index (χ4n) is 2.24. The number of nitrogens with zero attached hydrogens (tertiary/aromatic N) is 4. The van der Waals surface area contributed by atoms with Crippen LogP contribution in [0.4, 0.5) is 0 Å². The minimum Gasteiger partial charge on any atom is -0.365 e. The van der Waals surface area contributed by atoms with Gasteiger partial charge in [-0.15, -0.1) is 0 Å². The van der Waals surface area contributed by atoms with E-state index in [0.29, 0.717) is 12.1 Å². The fraction of sp³-hybridized carbons (Fsp3) is 0.462. The molecule has 2 heterocycles. The minimum atomic E-state index is -0.510. The summed E-state index contributed by atoms with van der Waals surface area (Å²) in [4.78, 5) is 18.7. The average Bonchev–Trinajstić information content (AvgIpc) is 2.46. The van der Waals surface area contributed by atoms with Crippen LogP contribution in [0.25, 0.3) is 0 Å². The zero-order valence-electron chi connectivity index (χ0n) is 11.5. The van der Waals surface area contributed by atoms with E-state index >= 15 is 0 Å². The van der Waals surface area contributed by atoms with Crippen LogP contribution in [0.15, 0.2) is 36.0 Å². The summed E-state index contributed by atoms with van der Waals surface area (Å²) in [6.45, 7) is 3.25. The van der Waals surface area contributed by atoms with Crippen LogP contribution in [-0.4, -0.2) is 52.9 Å². The Morgan fingerprint density at radius 3 is 2.70 bits per heavy atom. The molecule has 1 aliphatic rings. The average molecular weight is 277 g/mol. The van der Waals surface area contributed by atoms with Crippen molar-refractivity contribution in [1.29, 1.82) is 0 Å². The van der Waals surface area contributed by atoms with Crippen LogP contribution in [0.2, 0.25) is 0 Å². The third kappa shape index (κ3) is 3.45. The third-order valence-electron chi connectivity index (χ3n) is 3.47. The predicted molar refractivity (Wildman–Crippen MR) is 75.2 cm³/mol. The predicted octanol–water partition coefficient (Wildman–Crippen LogP) is 0.276. The molecule has 0 bridgehead atoms. The number of nitrogens with two attached hydrogens (primary N) is 1. The maximum absolute atomic E-state index is 11.0. The van der Waals surface area contributed by atoms with Crippen LogP contribution in [0.5, 0.6) is 0 Å². The molecule has 1 saturated heterocycles. The number of pyridine rings is 1. The number of likely N-dealkylation sites (N-methyl/N-ethyl adjacent to an activating group) is 1. The minimum absolute atomic E-state index is 0.265. The SMILES string of the molecule is CN1CCN(C(Cc2cccnc2)=C(N)[N+](=O)[O-])CC1. The van der Waals surface area contributed by atoms with E-state index in [1.165, 1.54) is 0 Å². The smallest absolute Gasteiger partial charge is 0.333 e. The first-order valence-corrected chi connectivity index (χ1v) is 6.53. The van der Waals surface area contributed by atoms with Gasteiger partial charge in [-0.1, -0.05) is 6.07 Å². The lowest BCUT2D eigenvalue weighted by Gasteiger charge is -2.35. The largest absolute Gasteiger partial charge is 0.365 e. The Morgan fingerprint density at radius 1 is 1.45 bits per heavy atom. The number of rotatable bonds is 4. The number of allylic oxidation sites excluding steroid dienone is 1. The highest BCUT2D eigenvalue weighted by Crippen LogP contribution is 2.16. The van der Waals surface area contributed by atoms with Gasteiger partial charge in [0.2, 0.25) is 0 Å². The molecule has 1 aliphatic heterocycles. The molecule has 0 spiro atoms. The first-order valence-electron chi connectivity index (χ1n) is 6.53. The molecule has 7 heteroatoms. The van der Waals surface area contributed by atoms with Crippen molar-refractivity contribution >= 4 is 0 Å². The summed E-state index contributed by atoms with van der Waals surface area (Å²) in [6, 6.07) is 3.72. The van der Waals surface area contributed by atoms with E-state index in [-0.39, 0.29) is 5.82 Å². The van der Waals surface area contributed by atoms with E-state index < -0.39 is 4.92 Å². The van der Waals surface area contributed by atoms with E-state index in [1.54, 1.807) is 12.4 Å². The molecule has 0 aromatic carbocycles. The van der Waals surface area contributed by atoms with Crippen molar-refractivity contribution < 1.29 is 4.92 Å². The van der Waals surface area contributed by atoms with Crippen LogP contribution in [0, 0.1) is 10.1 Å². The Labute approximate surface area is 117 Å². The molecule has 1 fully saturated rings. The van der Waals surface area contributed by atoms with Crippen LogP contribution >= 0.6 is 0 Å². The van der Waals surface area contributed by atoms with Crippen molar-refractivity contribution in [1.82, 2.24) is 14.8 Å². The first-order chi connectivity index (χ1) is 9.58. The molecule has 1 aromatic heterocycles. The van der Waals surface area contributed by atoms with E-state index in [9.17, 15) is 10.1 Å². The highest BCUT2D eigenvalue weighted by atomic mass is 16.6. The Morgan fingerprint density at radius 2 is 2.15 bits per heavy atom. The second-order valence-corrected chi connectivity index (χ2v) is 4.92. The summed E-state index contributed by atoms with van der Waals surface area (Å²) in [7, 11) is 2.04. The highest BCUT2D eigenvalue weighted by Gasteiger charge is 2.23.